The lowest BCUT2D eigenvalue weighted by Gasteiger charge is -2.39. The Balaban J connectivity index is 1.80. The van der Waals surface area contributed by atoms with Gasteiger partial charge in [0.25, 0.3) is 0 Å². The van der Waals surface area contributed by atoms with Crippen LogP contribution in [0.25, 0.3) is 5.70 Å². The van der Waals surface area contributed by atoms with Gasteiger partial charge in [-0.05, 0) is 48.0 Å². The minimum Gasteiger partial charge on any atom is -0.479 e. The molecule has 2 heterocycles. The summed E-state index contributed by atoms with van der Waals surface area (Å²) < 4.78 is 28.6. The summed E-state index contributed by atoms with van der Waals surface area (Å²) in [4.78, 5) is 14.2. The Hall–Kier alpha value is -2.47. The number of halogens is 1. The van der Waals surface area contributed by atoms with Crippen LogP contribution in [0.2, 0.25) is 5.02 Å². The topological polar surface area (TPSA) is 125 Å². The van der Waals surface area contributed by atoms with E-state index in [1.54, 1.807) is 52.4 Å². The van der Waals surface area contributed by atoms with Gasteiger partial charge in [0.05, 0.1) is 29.5 Å². The Morgan fingerprint density at radius 1 is 1.10 bits per heavy atom. The van der Waals surface area contributed by atoms with Crippen molar-refractivity contribution in [2.24, 2.45) is 5.14 Å². The van der Waals surface area contributed by atoms with Crippen molar-refractivity contribution in [1.82, 2.24) is 10.3 Å². The van der Waals surface area contributed by atoms with Crippen molar-refractivity contribution in [3.05, 3.63) is 65.2 Å². The molecular formula is C20H21ClN4O5S. The van der Waals surface area contributed by atoms with E-state index in [2.05, 4.69) is 5.43 Å². The zero-order chi connectivity index (χ0) is 22.2. The number of ether oxygens (including phenoxy) is 1. The molecule has 1 unspecified atom stereocenters. The summed E-state index contributed by atoms with van der Waals surface area (Å²) in [5.74, 6) is -1.07. The van der Waals surface area contributed by atoms with Crippen molar-refractivity contribution < 1.29 is 23.1 Å². The van der Waals surface area contributed by atoms with Crippen molar-refractivity contribution in [3.63, 3.8) is 0 Å². The van der Waals surface area contributed by atoms with Gasteiger partial charge in [-0.15, -0.1) is 0 Å². The van der Waals surface area contributed by atoms with Gasteiger partial charge in [0, 0.05) is 18.1 Å². The number of carbonyl (C=O) groups is 1. The van der Waals surface area contributed by atoms with Crippen LogP contribution < -0.4 is 15.6 Å². The van der Waals surface area contributed by atoms with Crippen molar-refractivity contribution >= 4 is 39.0 Å². The first-order valence-electron chi connectivity index (χ1n) is 9.46. The zero-order valence-corrected chi connectivity index (χ0v) is 17.9. The van der Waals surface area contributed by atoms with E-state index in [1.807, 2.05) is 0 Å². The molecule has 0 aliphatic carbocycles. The summed E-state index contributed by atoms with van der Waals surface area (Å²) in [5.41, 5.74) is 3.48. The molecule has 0 saturated carbocycles. The van der Waals surface area contributed by atoms with E-state index < -0.39 is 21.7 Å². The Morgan fingerprint density at radius 2 is 1.71 bits per heavy atom. The minimum absolute atomic E-state index is 0.0369. The zero-order valence-electron chi connectivity index (χ0n) is 16.4. The predicted molar refractivity (Wildman–Crippen MR) is 116 cm³/mol. The maximum absolute atomic E-state index is 12.5. The van der Waals surface area contributed by atoms with Gasteiger partial charge in [-0.1, -0.05) is 23.7 Å². The lowest BCUT2D eigenvalue weighted by Crippen LogP contribution is -2.65. The van der Waals surface area contributed by atoms with Gasteiger partial charge < -0.3 is 9.84 Å². The molecule has 2 aromatic carbocycles. The minimum atomic E-state index is -3.85. The molecule has 164 valence electrons. The lowest BCUT2D eigenvalue weighted by atomic mass is 10.0. The summed E-state index contributed by atoms with van der Waals surface area (Å²) in [5, 5.41) is 17.6. The van der Waals surface area contributed by atoms with Crippen molar-refractivity contribution in [2.45, 2.75) is 10.6 Å². The van der Waals surface area contributed by atoms with Gasteiger partial charge in [-0.3, -0.25) is 9.91 Å². The molecular weight excluding hydrogens is 444 g/mol. The Morgan fingerprint density at radius 3 is 2.26 bits per heavy atom. The number of hydrogen-bond donors (Lipinski definition) is 3. The predicted octanol–water partition coefficient (Wildman–Crippen LogP) is 1.47. The summed E-state index contributed by atoms with van der Waals surface area (Å²) in [6.45, 7) is 1.71. The first-order valence-corrected chi connectivity index (χ1v) is 11.4. The molecule has 31 heavy (non-hydrogen) atoms. The molecule has 0 spiro atoms. The van der Waals surface area contributed by atoms with Gasteiger partial charge in [-0.2, -0.15) is 5.43 Å². The van der Waals surface area contributed by atoms with E-state index in [-0.39, 0.29) is 4.90 Å². The molecule has 1 atom stereocenters. The van der Waals surface area contributed by atoms with Crippen LogP contribution in [0.4, 0.5) is 5.69 Å². The summed E-state index contributed by atoms with van der Waals surface area (Å²) in [6, 6.07) is 12.9. The number of hydrazine groups is 1. The molecule has 0 radical (unpaired) electrons. The highest BCUT2D eigenvalue weighted by Crippen LogP contribution is 2.36. The lowest BCUT2D eigenvalue weighted by molar-refractivity contribution is -0.152. The van der Waals surface area contributed by atoms with Crippen LogP contribution in [-0.2, 0) is 19.6 Å². The van der Waals surface area contributed by atoms with Crippen LogP contribution in [0.15, 0.2) is 59.5 Å². The van der Waals surface area contributed by atoms with Gasteiger partial charge in [0.1, 0.15) is 0 Å². The molecule has 0 aromatic heterocycles. The van der Waals surface area contributed by atoms with Crippen LogP contribution in [0.5, 0.6) is 0 Å². The number of carboxylic acids is 1. The second-order valence-electron chi connectivity index (χ2n) is 7.19. The van der Waals surface area contributed by atoms with E-state index >= 15 is 0 Å². The molecule has 4 N–H and O–H groups in total. The number of hydrogen-bond acceptors (Lipinski definition) is 7. The number of morpholine rings is 1. The van der Waals surface area contributed by atoms with Crippen molar-refractivity contribution in [2.75, 3.05) is 31.3 Å². The third-order valence-corrected chi connectivity index (χ3v) is 6.45. The summed E-state index contributed by atoms with van der Waals surface area (Å²) >= 11 is 6.03. The fourth-order valence-corrected chi connectivity index (χ4v) is 4.31. The SMILES string of the molecule is NS(=O)(=O)c1ccc(N2NC(C(=O)O)(N3CCOCC3)C=C2c2ccc(Cl)cc2)cc1. The summed E-state index contributed by atoms with van der Waals surface area (Å²) in [6.07, 6.45) is 1.65. The Kier molecular flexibility index (Phi) is 5.77. The molecule has 2 aliphatic heterocycles. The normalized spacial score (nSPS) is 22.4. The van der Waals surface area contributed by atoms with Gasteiger partial charge >= 0.3 is 5.97 Å². The van der Waals surface area contributed by atoms with E-state index in [9.17, 15) is 18.3 Å². The number of nitrogens with one attached hydrogen (secondary N) is 1. The smallest absolute Gasteiger partial charge is 0.345 e. The fourth-order valence-electron chi connectivity index (χ4n) is 3.67. The Bertz CT molecular complexity index is 1120. The van der Waals surface area contributed by atoms with Crippen molar-refractivity contribution in [1.29, 1.82) is 0 Å². The first kappa shape index (κ1) is 21.8. The molecule has 4 rings (SSSR count). The number of sulfonamides is 1. The molecule has 0 bridgehead atoms. The average Bonchev–Trinajstić information content (AvgIpc) is 3.17. The first-order chi connectivity index (χ1) is 14.7. The highest BCUT2D eigenvalue weighted by molar-refractivity contribution is 7.89. The molecule has 9 nitrogen and oxygen atoms in total. The van der Waals surface area contributed by atoms with E-state index in [0.29, 0.717) is 42.7 Å². The monoisotopic (exact) mass is 464 g/mol. The maximum Gasteiger partial charge on any atom is 0.345 e. The molecule has 2 aromatic rings. The molecule has 0 amide bonds. The van der Waals surface area contributed by atoms with Gasteiger partial charge in [0.2, 0.25) is 15.7 Å². The Labute approximate surface area is 184 Å². The van der Waals surface area contributed by atoms with Gasteiger partial charge in [0.15, 0.2) is 0 Å². The number of anilines is 1. The highest BCUT2D eigenvalue weighted by Gasteiger charge is 2.49. The number of rotatable bonds is 5. The second kappa shape index (κ2) is 8.23. The molecule has 11 heteroatoms. The number of nitrogens with two attached hydrogens (primary N) is 1. The highest BCUT2D eigenvalue weighted by atomic mass is 35.5. The molecule has 2 aliphatic rings. The number of aliphatic carboxylic acids is 1. The average molecular weight is 465 g/mol. The van der Waals surface area contributed by atoms with Crippen LogP contribution in [0.3, 0.4) is 0 Å². The fraction of sp³-hybridized carbons (Fsp3) is 0.250. The second-order valence-corrected chi connectivity index (χ2v) is 9.19. The third kappa shape index (κ3) is 4.18. The van der Waals surface area contributed by atoms with E-state index in [4.69, 9.17) is 21.5 Å². The number of primary sulfonamides is 1. The standard InChI is InChI=1S/C20H21ClN4O5S/c21-15-3-1-14(2-4-15)18-13-20(19(26)27,24-9-11-30-12-10-24)23-25(18)16-5-7-17(8-6-16)31(22,28)29/h1-8,13,23H,9-12H2,(H,26,27)(H2,22,28,29). The summed E-state index contributed by atoms with van der Waals surface area (Å²) in [7, 11) is -3.85. The number of nitrogens with zero attached hydrogens (tertiary/aromatic N) is 2. The largest absolute Gasteiger partial charge is 0.479 e. The van der Waals surface area contributed by atoms with Crippen LogP contribution in [0.1, 0.15) is 5.56 Å². The van der Waals surface area contributed by atoms with Crippen LogP contribution in [-0.4, -0.2) is 56.4 Å². The van der Waals surface area contributed by atoms with Crippen LogP contribution in [0, 0.1) is 0 Å². The maximum atomic E-state index is 12.5. The number of benzene rings is 2. The third-order valence-electron chi connectivity index (χ3n) is 5.27. The van der Waals surface area contributed by atoms with Crippen molar-refractivity contribution in [3.8, 4) is 0 Å². The molecule has 1 saturated heterocycles. The van der Waals surface area contributed by atoms with E-state index in [1.165, 1.54) is 12.1 Å². The van der Waals surface area contributed by atoms with E-state index in [0.717, 1.165) is 5.56 Å². The molecule has 1 fully saturated rings. The quantitative estimate of drug-likeness (QED) is 0.607. The van der Waals surface area contributed by atoms with Crippen LogP contribution >= 0.6 is 11.6 Å². The number of carboxylic acid groups (broad SMARTS) is 1. The van der Waals surface area contributed by atoms with Gasteiger partial charge in [-0.25, -0.2) is 18.4 Å².